The van der Waals surface area contributed by atoms with Gasteiger partial charge < -0.3 is 14.2 Å². The highest BCUT2D eigenvalue weighted by atomic mass is 16.5. The Morgan fingerprint density at radius 3 is 2.59 bits per heavy atom. The molecule has 2 aromatic heterocycles. The predicted octanol–water partition coefficient (Wildman–Crippen LogP) is 5.51. The van der Waals surface area contributed by atoms with Crippen molar-refractivity contribution in [3.63, 3.8) is 0 Å². The lowest BCUT2D eigenvalue weighted by molar-refractivity contribution is 0.256. The van der Waals surface area contributed by atoms with Crippen LogP contribution in [0.15, 0.2) is 54.7 Å². The van der Waals surface area contributed by atoms with Crippen LogP contribution in [-0.4, -0.2) is 35.4 Å². The molecular formula is C27H26N4O3. The molecular weight excluding hydrogens is 428 g/mol. The molecule has 0 bridgehead atoms. The van der Waals surface area contributed by atoms with Gasteiger partial charge >= 0.3 is 0 Å². The van der Waals surface area contributed by atoms with Gasteiger partial charge in [-0.3, -0.25) is 4.57 Å². The van der Waals surface area contributed by atoms with E-state index in [0.717, 1.165) is 22.3 Å². The fourth-order valence-corrected chi connectivity index (χ4v) is 3.53. The summed E-state index contributed by atoms with van der Waals surface area (Å²) >= 11 is 0. The number of methoxy groups -OCH3 is 2. The van der Waals surface area contributed by atoms with Gasteiger partial charge in [0.25, 0.3) is 0 Å². The maximum Gasteiger partial charge on any atom is 0.168 e. The van der Waals surface area contributed by atoms with E-state index in [0.29, 0.717) is 41.2 Å². The Kier molecular flexibility index (Phi) is 6.79. The molecule has 0 aliphatic rings. The molecule has 4 aromatic rings. The van der Waals surface area contributed by atoms with Crippen LogP contribution in [0.1, 0.15) is 30.8 Å². The van der Waals surface area contributed by atoms with Crippen LogP contribution in [0.2, 0.25) is 0 Å². The molecule has 172 valence electrons. The zero-order valence-electron chi connectivity index (χ0n) is 19.6. The Bertz CT molecular complexity index is 1370. The zero-order valence-corrected chi connectivity index (χ0v) is 19.6. The van der Waals surface area contributed by atoms with Crippen molar-refractivity contribution in [1.29, 1.82) is 5.26 Å². The van der Waals surface area contributed by atoms with Crippen LogP contribution in [0, 0.1) is 17.2 Å². The molecule has 0 N–H and O–H groups in total. The first-order valence-corrected chi connectivity index (χ1v) is 10.9. The standard InChI is InChI=1S/C27H26N4O3/c1-18(2)17-34-27-20(6-5-7-24(27)33-4)9-13-26-30-22-11-10-21(32-3)14-23(22)31(26)25-12-8-19(15-28)16-29-25/h5-14,16,18H,17H2,1-4H3/b13-9+. The number of nitriles is 1. The molecule has 0 fully saturated rings. The van der Waals surface area contributed by atoms with Crippen LogP contribution >= 0.6 is 0 Å². The van der Waals surface area contributed by atoms with Crippen LogP contribution in [-0.2, 0) is 0 Å². The van der Waals surface area contributed by atoms with Gasteiger partial charge in [0.2, 0.25) is 0 Å². The molecule has 0 radical (unpaired) electrons. The maximum absolute atomic E-state index is 9.15. The first-order chi connectivity index (χ1) is 16.5. The van der Waals surface area contributed by atoms with Gasteiger partial charge in [0.05, 0.1) is 37.4 Å². The third kappa shape index (κ3) is 4.71. The van der Waals surface area contributed by atoms with E-state index in [1.54, 1.807) is 32.5 Å². The van der Waals surface area contributed by atoms with Crippen molar-refractivity contribution in [3.8, 4) is 29.1 Å². The molecule has 7 nitrogen and oxygen atoms in total. The number of fused-ring (bicyclic) bond motifs is 1. The van der Waals surface area contributed by atoms with Crippen LogP contribution in [0.4, 0.5) is 0 Å². The lowest BCUT2D eigenvalue weighted by Gasteiger charge is -2.14. The number of rotatable bonds is 8. The largest absolute Gasteiger partial charge is 0.497 e. The summed E-state index contributed by atoms with van der Waals surface area (Å²) in [5.41, 5.74) is 3.02. The molecule has 2 aromatic carbocycles. The minimum absolute atomic E-state index is 0.378. The van der Waals surface area contributed by atoms with Crippen molar-refractivity contribution >= 4 is 23.2 Å². The second-order valence-corrected chi connectivity index (χ2v) is 8.09. The number of nitrogens with zero attached hydrogens (tertiary/aromatic N) is 4. The van der Waals surface area contributed by atoms with Gasteiger partial charge in [-0.05, 0) is 48.4 Å². The predicted molar refractivity (Wildman–Crippen MR) is 132 cm³/mol. The highest BCUT2D eigenvalue weighted by molar-refractivity contribution is 5.83. The van der Waals surface area contributed by atoms with E-state index in [9.17, 15) is 0 Å². The van der Waals surface area contributed by atoms with E-state index in [1.165, 1.54) is 0 Å². The third-order valence-electron chi connectivity index (χ3n) is 5.20. The summed E-state index contributed by atoms with van der Waals surface area (Å²) in [6, 6.07) is 17.1. The Labute approximate surface area is 198 Å². The van der Waals surface area contributed by atoms with Crippen molar-refractivity contribution in [2.24, 2.45) is 5.92 Å². The Hall–Kier alpha value is -4.31. The average molecular weight is 455 g/mol. The maximum atomic E-state index is 9.15. The summed E-state index contributed by atoms with van der Waals surface area (Å²) in [4.78, 5) is 9.30. The third-order valence-corrected chi connectivity index (χ3v) is 5.20. The summed E-state index contributed by atoms with van der Waals surface area (Å²) in [5, 5.41) is 9.15. The van der Waals surface area contributed by atoms with Crippen LogP contribution < -0.4 is 14.2 Å². The normalized spacial score (nSPS) is 11.2. The van der Waals surface area contributed by atoms with Gasteiger partial charge in [-0.2, -0.15) is 5.26 Å². The van der Waals surface area contributed by atoms with Gasteiger partial charge in [0.15, 0.2) is 11.5 Å². The van der Waals surface area contributed by atoms with Gasteiger partial charge in [0, 0.05) is 17.8 Å². The molecule has 2 heterocycles. The van der Waals surface area contributed by atoms with E-state index in [4.69, 9.17) is 24.5 Å². The topological polar surface area (TPSA) is 82.2 Å². The van der Waals surface area contributed by atoms with Crippen molar-refractivity contribution in [1.82, 2.24) is 14.5 Å². The second kappa shape index (κ2) is 10.1. The quantitative estimate of drug-likeness (QED) is 0.349. The van der Waals surface area contributed by atoms with Crippen molar-refractivity contribution in [2.45, 2.75) is 13.8 Å². The molecule has 34 heavy (non-hydrogen) atoms. The number of imidazole rings is 1. The number of ether oxygens (including phenoxy) is 3. The van der Waals surface area contributed by atoms with Crippen molar-refractivity contribution in [2.75, 3.05) is 20.8 Å². The van der Waals surface area contributed by atoms with Gasteiger partial charge in [-0.1, -0.05) is 26.0 Å². The van der Waals surface area contributed by atoms with E-state index < -0.39 is 0 Å². The highest BCUT2D eigenvalue weighted by Gasteiger charge is 2.14. The van der Waals surface area contributed by atoms with Crippen molar-refractivity contribution in [3.05, 3.63) is 71.7 Å². The van der Waals surface area contributed by atoms with Gasteiger partial charge in [-0.15, -0.1) is 0 Å². The number of hydrogen-bond acceptors (Lipinski definition) is 6. The SMILES string of the molecule is COc1ccc2nc(/C=C/c3cccc(OC)c3OCC(C)C)n(-c3ccc(C#N)cn3)c2c1. The molecule has 0 saturated heterocycles. The number of hydrogen-bond donors (Lipinski definition) is 0. The summed E-state index contributed by atoms with van der Waals surface area (Å²) in [6.45, 7) is 4.78. The molecule has 0 amide bonds. The van der Waals surface area contributed by atoms with Crippen molar-refractivity contribution < 1.29 is 14.2 Å². The molecule has 0 atom stereocenters. The monoisotopic (exact) mass is 454 g/mol. The summed E-state index contributed by atoms with van der Waals surface area (Å²) in [6.07, 6.45) is 5.43. The first-order valence-electron chi connectivity index (χ1n) is 10.9. The van der Waals surface area contributed by atoms with Gasteiger partial charge in [0.1, 0.15) is 23.5 Å². The summed E-state index contributed by atoms with van der Waals surface area (Å²) < 4.78 is 19.0. The van der Waals surface area contributed by atoms with Gasteiger partial charge in [-0.25, -0.2) is 9.97 Å². The molecule has 0 saturated carbocycles. The van der Waals surface area contributed by atoms with E-state index in [1.807, 2.05) is 53.1 Å². The van der Waals surface area contributed by atoms with Crippen LogP contribution in [0.25, 0.3) is 29.0 Å². The fourth-order valence-electron chi connectivity index (χ4n) is 3.53. The smallest absolute Gasteiger partial charge is 0.168 e. The fraction of sp³-hybridized carbons (Fsp3) is 0.222. The van der Waals surface area contributed by atoms with E-state index in [2.05, 4.69) is 24.9 Å². The number of para-hydroxylation sites is 1. The first kappa shape index (κ1) is 22.9. The Morgan fingerprint density at radius 2 is 1.91 bits per heavy atom. The molecule has 0 aliphatic heterocycles. The Balaban J connectivity index is 1.83. The molecule has 0 spiro atoms. The minimum atomic E-state index is 0.378. The lowest BCUT2D eigenvalue weighted by atomic mass is 10.1. The lowest BCUT2D eigenvalue weighted by Crippen LogP contribution is -2.06. The number of aromatic nitrogens is 3. The van der Waals surface area contributed by atoms with Crippen LogP contribution in [0.3, 0.4) is 0 Å². The zero-order chi connectivity index (χ0) is 24.1. The number of pyridine rings is 1. The molecule has 0 aliphatic carbocycles. The van der Waals surface area contributed by atoms with E-state index >= 15 is 0 Å². The molecule has 0 unspecified atom stereocenters. The number of benzene rings is 2. The highest BCUT2D eigenvalue weighted by Crippen LogP contribution is 2.33. The average Bonchev–Trinajstić information content (AvgIpc) is 3.23. The molecule has 7 heteroatoms. The minimum Gasteiger partial charge on any atom is -0.497 e. The second-order valence-electron chi connectivity index (χ2n) is 8.09. The summed E-state index contributed by atoms with van der Waals surface area (Å²) in [7, 11) is 3.26. The molecule has 4 rings (SSSR count). The Morgan fingerprint density at radius 1 is 1.06 bits per heavy atom. The van der Waals surface area contributed by atoms with Crippen LogP contribution in [0.5, 0.6) is 17.2 Å². The summed E-state index contributed by atoms with van der Waals surface area (Å²) in [5.74, 6) is 3.79. The van der Waals surface area contributed by atoms with E-state index in [-0.39, 0.29) is 0 Å².